The van der Waals surface area contributed by atoms with Gasteiger partial charge in [0.1, 0.15) is 11.5 Å². The zero-order valence-electron chi connectivity index (χ0n) is 18.7. The predicted octanol–water partition coefficient (Wildman–Crippen LogP) is 3.56. The van der Waals surface area contributed by atoms with E-state index in [1.807, 2.05) is 30.3 Å². The Morgan fingerprint density at radius 3 is 2.26 bits per heavy atom. The Labute approximate surface area is 182 Å². The van der Waals surface area contributed by atoms with Crippen molar-refractivity contribution in [3.05, 3.63) is 47.0 Å². The Balaban J connectivity index is 2.23. The van der Waals surface area contributed by atoms with E-state index in [9.17, 15) is 4.79 Å². The second-order valence-corrected chi connectivity index (χ2v) is 7.88. The summed E-state index contributed by atoms with van der Waals surface area (Å²) < 4.78 is 22.1. The summed E-state index contributed by atoms with van der Waals surface area (Å²) in [6.07, 6.45) is 0.554. The number of hydrogen-bond acceptors (Lipinski definition) is 6. The number of rotatable bonds is 6. The lowest BCUT2D eigenvalue weighted by molar-refractivity contribution is 0.249. The number of ether oxygens (including phenoxy) is 4. The van der Waals surface area contributed by atoms with Gasteiger partial charge in [0.15, 0.2) is 11.5 Å². The number of benzene rings is 2. The zero-order valence-corrected chi connectivity index (χ0v) is 18.7. The van der Waals surface area contributed by atoms with Crippen LogP contribution >= 0.6 is 0 Å². The molecule has 1 aliphatic carbocycles. The van der Waals surface area contributed by atoms with Gasteiger partial charge in [0.05, 0.1) is 34.2 Å². The van der Waals surface area contributed by atoms with Crippen LogP contribution < -0.4 is 30.1 Å². The fourth-order valence-electron chi connectivity index (χ4n) is 4.24. The third kappa shape index (κ3) is 4.10. The SMILES string of the molecule is COc1cc(OC)c2c(c1)C(C)(C)C(c1ccc(OC)c(OC)c1)C/C2=N\NC(N)=O. The first-order chi connectivity index (χ1) is 14.8. The van der Waals surface area contributed by atoms with Crippen LogP contribution in [0.3, 0.4) is 0 Å². The van der Waals surface area contributed by atoms with Gasteiger partial charge < -0.3 is 24.7 Å². The lowest BCUT2D eigenvalue weighted by atomic mass is 9.62. The summed E-state index contributed by atoms with van der Waals surface area (Å²) in [5.41, 5.74) is 10.9. The summed E-state index contributed by atoms with van der Waals surface area (Å²) in [7, 11) is 6.44. The van der Waals surface area contributed by atoms with E-state index in [1.54, 1.807) is 28.4 Å². The molecule has 0 radical (unpaired) electrons. The molecule has 166 valence electrons. The maximum Gasteiger partial charge on any atom is 0.332 e. The highest BCUT2D eigenvalue weighted by molar-refractivity contribution is 6.07. The molecule has 1 aliphatic rings. The maximum atomic E-state index is 11.4. The highest BCUT2D eigenvalue weighted by Gasteiger charge is 2.42. The average molecular weight is 428 g/mol. The standard InChI is InChI=1S/C23H29N3O5/c1-23(2)15(13-7-8-18(29-4)19(9-13)30-5)12-17(25-26-22(24)27)21-16(23)10-14(28-3)11-20(21)31-6/h7-11,15H,12H2,1-6H3,(H3,24,26,27)/b25-17+. The van der Waals surface area contributed by atoms with Crippen LogP contribution in [0.25, 0.3) is 0 Å². The minimum atomic E-state index is -0.728. The lowest BCUT2D eigenvalue weighted by Crippen LogP contribution is -2.37. The first kappa shape index (κ1) is 22.3. The number of carbonyl (C=O) groups is 1. The molecule has 1 atom stereocenters. The van der Waals surface area contributed by atoms with Crippen LogP contribution in [0.15, 0.2) is 35.4 Å². The Morgan fingerprint density at radius 2 is 1.68 bits per heavy atom. The molecule has 8 nitrogen and oxygen atoms in total. The number of primary amides is 1. The second kappa shape index (κ2) is 8.75. The summed E-state index contributed by atoms with van der Waals surface area (Å²) in [6, 6.07) is 8.97. The molecule has 2 amide bonds. The smallest absolute Gasteiger partial charge is 0.332 e. The number of hydrazone groups is 1. The Morgan fingerprint density at radius 1 is 1.00 bits per heavy atom. The molecular weight excluding hydrogens is 398 g/mol. The van der Waals surface area contributed by atoms with E-state index in [2.05, 4.69) is 24.4 Å². The van der Waals surface area contributed by atoms with E-state index in [0.29, 0.717) is 35.1 Å². The molecule has 2 aromatic rings. The van der Waals surface area contributed by atoms with Gasteiger partial charge >= 0.3 is 6.03 Å². The predicted molar refractivity (Wildman–Crippen MR) is 119 cm³/mol. The first-order valence-corrected chi connectivity index (χ1v) is 9.87. The maximum absolute atomic E-state index is 11.4. The number of methoxy groups -OCH3 is 4. The summed E-state index contributed by atoms with van der Waals surface area (Å²) in [5.74, 6) is 2.63. The molecule has 0 saturated heterocycles. The fourth-order valence-corrected chi connectivity index (χ4v) is 4.24. The highest BCUT2D eigenvalue weighted by atomic mass is 16.5. The van der Waals surface area contributed by atoms with Crippen molar-refractivity contribution in [2.45, 2.75) is 31.6 Å². The molecule has 31 heavy (non-hydrogen) atoms. The van der Waals surface area contributed by atoms with Crippen LogP contribution in [0.2, 0.25) is 0 Å². The zero-order chi connectivity index (χ0) is 22.8. The molecule has 0 fully saturated rings. The van der Waals surface area contributed by atoms with E-state index >= 15 is 0 Å². The lowest BCUT2D eigenvalue weighted by Gasteiger charge is -2.42. The van der Waals surface area contributed by atoms with Gasteiger partial charge in [0, 0.05) is 11.6 Å². The van der Waals surface area contributed by atoms with Gasteiger partial charge in [-0.1, -0.05) is 19.9 Å². The Bertz CT molecular complexity index is 1020. The number of nitrogens with two attached hydrogens (primary N) is 1. The Kier molecular flexibility index (Phi) is 6.29. The number of carbonyl (C=O) groups excluding carboxylic acids is 1. The number of nitrogens with one attached hydrogen (secondary N) is 1. The number of hydrogen-bond donors (Lipinski definition) is 2. The number of nitrogens with zero attached hydrogens (tertiary/aromatic N) is 1. The highest BCUT2D eigenvalue weighted by Crippen LogP contribution is 2.51. The van der Waals surface area contributed by atoms with Gasteiger partial charge in [0.25, 0.3) is 0 Å². The first-order valence-electron chi connectivity index (χ1n) is 9.87. The summed E-state index contributed by atoms with van der Waals surface area (Å²) in [5, 5.41) is 4.32. The quantitative estimate of drug-likeness (QED) is 0.686. The molecule has 0 heterocycles. The molecule has 0 spiro atoms. The van der Waals surface area contributed by atoms with Crippen LogP contribution in [-0.4, -0.2) is 40.2 Å². The van der Waals surface area contributed by atoms with Crippen molar-refractivity contribution in [3.63, 3.8) is 0 Å². The van der Waals surface area contributed by atoms with Crippen LogP contribution in [0.5, 0.6) is 23.0 Å². The van der Waals surface area contributed by atoms with Crippen LogP contribution in [0.4, 0.5) is 4.79 Å². The van der Waals surface area contributed by atoms with E-state index in [1.165, 1.54) is 0 Å². The van der Waals surface area contributed by atoms with E-state index in [-0.39, 0.29) is 11.3 Å². The van der Waals surface area contributed by atoms with Crippen molar-refractivity contribution >= 4 is 11.7 Å². The summed E-state index contributed by atoms with van der Waals surface area (Å²) in [6.45, 7) is 4.34. The summed E-state index contributed by atoms with van der Waals surface area (Å²) >= 11 is 0. The summed E-state index contributed by atoms with van der Waals surface area (Å²) in [4.78, 5) is 11.4. The van der Waals surface area contributed by atoms with Crippen LogP contribution in [-0.2, 0) is 5.41 Å². The molecule has 3 N–H and O–H groups in total. The van der Waals surface area contributed by atoms with E-state index in [4.69, 9.17) is 24.7 Å². The van der Waals surface area contributed by atoms with Gasteiger partial charge in [0.2, 0.25) is 0 Å². The minimum Gasteiger partial charge on any atom is -0.497 e. The van der Waals surface area contributed by atoms with Crippen molar-refractivity contribution in [2.75, 3.05) is 28.4 Å². The second-order valence-electron chi connectivity index (χ2n) is 7.88. The van der Waals surface area contributed by atoms with Crippen molar-refractivity contribution in [3.8, 4) is 23.0 Å². The molecule has 0 bridgehead atoms. The van der Waals surface area contributed by atoms with E-state index in [0.717, 1.165) is 16.7 Å². The fraction of sp³-hybridized carbons (Fsp3) is 0.391. The molecule has 0 aliphatic heterocycles. The largest absolute Gasteiger partial charge is 0.497 e. The van der Waals surface area contributed by atoms with Crippen molar-refractivity contribution in [1.29, 1.82) is 0 Å². The van der Waals surface area contributed by atoms with Crippen LogP contribution in [0, 0.1) is 0 Å². The molecule has 2 aromatic carbocycles. The van der Waals surface area contributed by atoms with E-state index < -0.39 is 6.03 Å². The molecule has 0 aromatic heterocycles. The van der Waals surface area contributed by atoms with Gasteiger partial charge in [-0.3, -0.25) is 0 Å². The van der Waals surface area contributed by atoms with Gasteiger partial charge in [-0.15, -0.1) is 0 Å². The van der Waals surface area contributed by atoms with Crippen molar-refractivity contribution < 1.29 is 23.7 Å². The normalized spacial score (nSPS) is 18.1. The number of fused-ring (bicyclic) bond motifs is 1. The molecule has 3 rings (SSSR count). The van der Waals surface area contributed by atoms with Gasteiger partial charge in [-0.25, -0.2) is 10.2 Å². The third-order valence-electron chi connectivity index (χ3n) is 5.89. The molecule has 1 unspecified atom stereocenters. The molecule has 8 heteroatoms. The Hall–Kier alpha value is -3.42. The number of urea groups is 1. The average Bonchev–Trinajstić information content (AvgIpc) is 2.77. The van der Waals surface area contributed by atoms with Crippen molar-refractivity contribution in [2.24, 2.45) is 10.8 Å². The van der Waals surface area contributed by atoms with Crippen LogP contribution in [0.1, 0.15) is 42.9 Å². The van der Waals surface area contributed by atoms with Crippen molar-refractivity contribution in [1.82, 2.24) is 5.43 Å². The molecular formula is C23H29N3O5. The topological polar surface area (TPSA) is 104 Å². The van der Waals surface area contributed by atoms with Gasteiger partial charge in [-0.05, 0) is 47.1 Å². The molecule has 0 saturated carbocycles. The number of amides is 2. The monoisotopic (exact) mass is 427 g/mol. The third-order valence-corrected chi connectivity index (χ3v) is 5.89. The van der Waals surface area contributed by atoms with Gasteiger partial charge in [-0.2, -0.15) is 5.10 Å². The minimum absolute atomic E-state index is 0.0186.